The lowest BCUT2D eigenvalue weighted by molar-refractivity contribution is 0.00578. The van der Waals surface area contributed by atoms with Crippen molar-refractivity contribution in [1.29, 1.82) is 0 Å². The molecule has 0 aromatic heterocycles. The average Bonchev–Trinajstić information content (AvgIpc) is 2.47. The van der Waals surface area contributed by atoms with Crippen molar-refractivity contribution in [2.75, 3.05) is 0 Å². The molecule has 2 nitrogen and oxygen atoms in total. The molecule has 1 saturated heterocycles. The van der Waals surface area contributed by atoms with Gasteiger partial charge in [0.25, 0.3) is 0 Å². The van der Waals surface area contributed by atoms with Crippen LogP contribution in [-0.2, 0) is 9.31 Å². The van der Waals surface area contributed by atoms with Gasteiger partial charge in [-0.3, -0.25) is 0 Å². The van der Waals surface area contributed by atoms with Crippen LogP contribution < -0.4 is 0 Å². The normalized spacial score (nSPS) is 20.4. The van der Waals surface area contributed by atoms with Crippen LogP contribution in [0, 0.1) is 11.7 Å². The van der Waals surface area contributed by atoms with Crippen molar-refractivity contribution in [2.24, 2.45) is 0 Å². The Morgan fingerprint density at radius 3 is 2.00 bits per heavy atom. The standard InChI is InChI=1S/C14H16BClO2/c1-13(2)14(3,4)18-15(17-13)10-9-11-5-7-12(16)8-6-11/h5-8H,1-4H3. The Bertz CT molecular complexity index is 481. The lowest BCUT2D eigenvalue weighted by atomic mass is 9.90. The van der Waals surface area contributed by atoms with Crippen LogP contribution in [0.5, 0.6) is 0 Å². The molecule has 0 atom stereocenters. The molecule has 1 aromatic rings. The van der Waals surface area contributed by atoms with Crippen molar-refractivity contribution in [1.82, 2.24) is 0 Å². The van der Waals surface area contributed by atoms with E-state index in [-0.39, 0.29) is 11.2 Å². The van der Waals surface area contributed by atoms with Gasteiger partial charge in [0.15, 0.2) is 0 Å². The summed E-state index contributed by atoms with van der Waals surface area (Å²) in [6.45, 7) is 8.04. The lowest BCUT2D eigenvalue weighted by Crippen LogP contribution is -2.41. The molecule has 0 spiro atoms. The molecule has 0 unspecified atom stereocenters. The molecule has 0 bridgehead atoms. The van der Waals surface area contributed by atoms with E-state index >= 15 is 0 Å². The van der Waals surface area contributed by atoms with Gasteiger partial charge in [0.2, 0.25) is 0 Å². The van der Waals surface area contributed by atoms with Crippen molar-refractivity contribution < 1.29 is 9.31 Å². The van der Waals surface area contributed by atoms with Crippen LogP contribution in [0.4, 0.5) is 0 Å². The maximum atomic E-state index is 5.82. The molecule has 2 rings (SSSR count). The molecule has 1 aliphatic heterocycles. The van der Waals surface area contributed by atoms with E-state index in [1.165, 1.54) is 0 Å². The minimum absolute atomic E-state index is 0.341. The third-order valence-corrected chi connectivity index (χ3v) is 3.68. The van der Waals surface area contributed by atoms with Gasteiger partial charge in [0.1, 0.15) is 0 Å². The summed E-state index contributed by atoms with van der Waals surface area (Å²) in [7, 11) is -0.481. The maximum absolute atomic E-state index is 5.82. The molecule has 4 heteroatoms. The monoisotopic (exact) mass is 262 g/mol. The van der Waals surface area contributed by atoms with Crippen LogP contribution in [0.1, 0.15) is 33.3 Å². The molecule has 18 heavy (non-hydrogen) atoms. The van der Waals surface area contributed by atoms with Crippen LogP contribution in [0.25, 0.3) is 0 Å². The predicted molar refractivity (Wildman–Crippen MR) is 74.4 cm³/mol. The molecular formula is C14H16BClO2. The molecule has 1 aromatic carbocycles. The summed E-state index contributed by atoms with van der Waals surface area (Å²) in [5.74, 6) is 6.02. The topological polar surface area (TPSA) is 18.5 Å². The van der Waals surface area contributed by atoms with Crippen molar-refractivity contribution in [3.63, 3.8) is 0 Å². The summed E-state index contributed by atoms with van der Waals surface area (Å²) in [5.41, 5.74) is 0.215. The molecule has 0 radical (unpaired) electrons. The Balaban J connectivity index is 2.11. The van der Waals surface area contributed by atoms with Crippen LogP contribution in [0.2, 0.25) is 5.02 Å². The molecule has 0 amide bonds. The van der Waals surface area contributed by atoms with Crippen molar-refractivity contribution >= 4 is 18.7 Å². The second-order valence-corrected chi connectivity index (χ2v) is 5.80. The fourth-order valence-electron chi connectivity index (χ4n) is 1.58. The van der Waals surface area contributed by atoms with Crippen molar-refractivity contribution in [3.8, 4) is 11.7 Å². The van der Waals surface area contributed by atoms with Gasteiger partial charge in [-0.25, -0.2) is 0 Å². The fourth-order valence-corrected chi connectivity index (χ4v) is 1.70. The summed E-state index contributed by atoms with van der Waals surface area (Å²) in [4.78, 5) is 0. The van der Waals surface area contributed by atoms with E-state index in [2.05, 4.69) is 11.7 Å². The zero-order valence-corrected chi connectivity index (χ0v) is 11.8. The summed E-state index contributed by atoms with van der Waals surface area (Å²) in [5, 5.41) is 0.705. The summed E-state index contributed by atoms with van der Waals surface area (Å²) in [6.07, 6.45) is 0. The van der Waals surface area contributed by atoms with Crippen molar-refractivity contribution in [3.05, 3.63) is 34.9 Å². The minimum atomic E-state index is -0.481. The van der Waals surface area contributed by atoms with Gasteiger partial charge in [0, 0.05) is 10.6 Å². The van der Waals surface area contributed by atoms with E-state index in [1.54, 1.807) is 0 Å². The van der Waals surface area contributed by atoms with Gasteiger partial charge < -0.3 is 9.31 Å². The summed E-state index contributed by atoms with van der Waals surface area (Å²) in [6, 6.07) is 7.38. The van der Waals surface area contributed by atoms with Gasteiger partial charge in [-0.05, 0) is 52.0 Å². The van der Waals surface area contributed by atoms with Gasteiger partial charge in [-0.2, -0.15) is 0 Å². The first kappa shape index (κ1) is 13.5. The van der Waals surface area contributed by atoms with E-state index in [9.17, 15) is 0 Å². The highest BCUT2D eigenvalue weighted by Gasteiger charge is 2.50. The number of rotatable bonds is 0. The quantitative estimate of drug-likeness (QED) is 0.527. The first-order valence-corrected chi connectivity index (χ1v) is 6.31. The lowest BCUT2D eigenvalue weighted by Gasteiger charge is -2.32. The molecule has 1 aliphatic rings. The molecule has 1 fully saturated rings. The van der Waals surface area contributed by atoms with Crippen LogP contribution in [0.3, 0.4) is 0 Å². The van der Waals surface area contributed by atoms with Gasteiger partial charge in [-0.1, -0.05) is 23.3 Å². The first-order valence-electron chi connectivity index (χ1n) is 5.93. The molecule has 0 N–H and O–H groups in total. The highest BCUT2D eigenvalue weighted by atomic mass is 35.5. The third-order valence-electron chi connectivity index (χ3n) is 3.43. The Morgan fingerprint density at radius 2 is 1.50 bits per heavy atom. The summed E-state index contributed by atoms with van der Waals surface area (Å²) >= 11 is 5.82. The van der Waals surface area contributed by atoms with E-state index in [1.807, 2.05) is 52.0 Å². The van der Waals surface area contributed by atoms with Crippen LogP contribution in [-0.4, -0.2) is 18.3 Å². The molecule has 1 heterocycles. The summed E-state index contributed by atoms with van der Waals surface area (Å²) < 4.78 is 11.6. The van der Waals surface area contributed by atoms with Gasteiger partial charge in [0.05, 0.1) is 11.2 Å². The Kier molecular flexibility index (Phi) is 3.46. The van der Waals surface area contributed by atoms with E-state index < -0.39 is 7.12 Å². The van der Waals surface area contributed by atoms with Crippen LogP contribution in [0.15, 0.2) is 24.3 Å². The minimum Gasteiger partial charge on any atom is -0.392 e. The van der Waals surface area contributed by atoms with E-state index in [0.717, 1.165) is 5.56 Å². The highest BCUT2D eigenvalue weighted by molar-refractivity contribution is 6.55. The number of benzene rings is 1. The first-order chi connectivity index (χ1) is 8.30. The Morgan fingerprint density at radius 1 is 1.00 bits per heavy atom. The predicted octanol–water partition coefficient (Wildman–Crippen LogP) is 3.32. The number of halogens is 1. The fraction of sp³-hybridized carbons (Fsp3) is 0.429. The second-order valence-electron chi connectivity index (χ2n) is 5.36. The SMILES string of the molecule is CC1(C)OB(C#Cc2ccc(Cl)cc2)OC1(C)C. The average molecular weight is 263 g/mol. The van der Waals surface area contributed by atoms with E-state index in [4.69, 9.17) is 20.9 Å². The van der Waals surface area contributed by atoms with Crippen molar-refractivity contribution in [2.45, 2.75) is 38.9 Å². The zero-order valence-electron chi connectivity index (χ0n) is 11.1. The molecule has 0 aliphatic carbocycles. The Labute approximate surface area is 114 Å². The zero-order chi connectivity index (χ0) is 13.4. The third kappa shape index (κ3) is 2.72. The number of hydrogen-bond acceptors (Lipinski definition) is 2. The maximum Gasteiger partial charge on any atom is 0.551 e. The molecule has 0 saturated carbocycles. The second kappa shape index (κ2) is 4.62. The van der Waals surface area contributed by atoms with Crippen LogP contribution >= 0.6 is 11.6 Å². The Hall–Kier alpha value is -0.945. The largest absolute Gasteiger partial charge is 0.551 e. The molecular weight excluding hydrogens is 246 g/mol. The smallest absolute Gasteiger partial charge is 0.392 e. The van der Waals surface area contributed by atoms with E-state index in [0.29, 0.717) is 5.02 Å². The molecule has 94 valence electrons. The van der Waals surface area contributed by atoms with Gasteiger partial charge in [-0.15, -0.1) is 0 Å². The number of hydrogen-bond donors (Lipinski definition) is 0. The highest BCUT2D eigenvalue weighted by Crippen LogP contribution is 2.36. The van der Waals surface area contributed by atoms with Gasteiger partial charge >= 0.3 is 7.12 Å².